The molecule has 226 valence electrons. The van der Waals surface area contributed by atoms with Crippen LogP contribution in [0.5, 0.6) is 0 Å². The van der Waals surface area contributed by atoms with Crippen molar-refractivity contribution in [1.29, 1.82) is 5.26 Å². The van der Waals surface area contributed by atoms with Crippen molar-refractivity contribution in [3.8, 4) is 6.07 Å². The van der Waals surface area contributed by atoms with E-state index < -0.39 is 65.4 Å². The summed E-state index contributed by atoms with van der Waals surface area (Å²) < 4.78 is 71.7. The Morgan fingerprint density at radius 2 is 1.83 bits per heavy atom. The molecule has 2 saturated heterocycles. The number of nitrogens with zero attached hydrogens (tertiary/aromatic N) is 2. The van der Waals surface area contributed by atoms with Gasteiger partial charge in [0.25, 0.3) is 0 Å². The normalized spacial score (nSPS) is 30.4. The Bertz CT molecular complexity index is 1170. The van der Waals surface area contributed by atoms with Crippen LogP contribution < -0.4 is 16.0 Å². The minimum atomic E-state index is -6.21. The van der Waals surface area contributed by atoms with Gasteiger partial charge in [-0.2, -0.15) is 27.2 Å². The molecule has 0 spiro atoms. The van der Waals surface area contributed by atoms with E-state index in [1.165, 1.54) is 19.2 Å². The van der Waals surface area contributed by atoms with E-state index in [1.54, 1.807) is 0 Å². The molecule has 41 heavy (non-hydrogen) atoms. The number of hydrogen-bond donors (Lipinski definition) is 3. The fourth-order valence-electron chi connectivity index (χ4n) is 6.50. The van der Waals surface area contributed by atoms with E-state index in [4.69, 9.17) is 4.74 Å². The largest absolute Gasteiger partial charge is 0.463 e. The van der Waals surface area contributed by atoms with Crippen LogP contribution in [0.3, 0.4) is 0 Å². The molecule has 0 radical (unpaired) electrons. The number of methoxy groups -OCH3 is 1. The highest BCUT2D eigenvalue weighted by Gasteiger charge is 2.65. The second-order valence-corrected chi connectivity index (χ2v) is 11.6. The van der Waals surface area contributed by atoms with Gasteiger partial charge in [0, 0.05) is 26.1 Å². The van der Waals surface area contributed by atoms with Crippen molar-refractivity contribution in [2.24, 2.45) is 29.6 Å². The topological polar surface area (TPSA) is 141 Å². The molecule has 3 N–H and O–H groups in total. The molecule has 1 saturated carbocycles. The first-order valence-corrected chi connectivity index (χ1v) is 13.3. The first-order chi connectivity index (χ1) is 19.0. The van der Waals surface area contributed by atoms with Crippen LogP contribution in [0.15, 0.2) is 12.2 Å². The van der Waals surface area contributed by atoms with Crippen molar-refractivity contribution in [2.75, 3.05) is 20.2 Å². The van der Waals surface area contributed by atoms with Gasteiger partial charge in [-0.15, -0.1) is 0 Å². The molecule has 15 heteroatoms. The second-order valence-electron chi connectivity index (χ2n) is 11.6. The number of rotatable bonds is 9. The van der Waals surface area contributed by atoms with Gasteiger partial charge in [-0.25, -0.2) is 0 Å². The van der Waals surface area contributed by atoms with E-state index in [0.29, 0.717) is 13.0 Å². The Morgan fingerprint density at radius 3 is 2.39 bits per heavy atom. The first kappa shape index (κ1) is 30.7. The number of carbonyl (C=O) groups is 4. The Morgan fingerprint density at radius 1 is 1.17 bits per heavy atom. The van der Waals surface area contributed by atoms with Gasteiger partial charge in [-0.3, -0.25) is 19.2 Å². The minimum absolute atomic E-state index is 0.0167. The molecule has 4 aliphatic rings. The molecule has 3 fully saturated rings. The van der Waals surface area contributed by atoms with E-state index in [0.717, 1.165) is 18.4 Å². The molecular formula is C26H32F5N5O5. The van der Waals surface area contributed by atoms with Crippen molar-refractivity contribution in [1.82, 2.24) is 20.9 Å². The number of halogens is 5. The number of nitriles is 1. The monoisotopic (exact) mass is 589 g/mol. The van der Waals surface area contributed by atoms with Crippen molar-refractivity contribution >= 4 is 23.6 Å². The smallest absolute Gasteiger partial charge is 0.376 e. The molecule has 10 nitrogen and oxygen atoms in total. The summed E-state index contributed by atoms with van der Waals surface area (Å²) in [6, 6.07) is -2.32. The Labute approximate surface area is 233 Å². The van der Waals surface area contributed by atoms with Crippen molar-refractivity contribution in [3.63, 3.8) is 0 Å². The molecule has 0 aromatic carbocycles. The lowest BCUT2D eigenvalue weighted by atomic mass is 9.81. The van der Waals surface area contributed by atoms with Gasteiger partial charge in [0.15, 0.2) is 0 Å². The molecule has 2 bridgehead atoms. The molecule has 0 aromatic rings. The zero-order valence-corrected chi connectivity index (χ0v) is 22.6. The highest BCUT2D eigenvalue weighted by molar-refractivity contribution is 5.95. The van der Waals surface area contributed by atoms with E-state index in [9.17, 15) is 46.4 Å². The van der Waals surface area contributed by atoms with Crippen LogP contribution in [0.4, 0.5) is 22.0 Å². The van der Waals surface area contributed by atoms with Gasteiger partial charge in [-0.1, -0.05) is 12.2 Å². The summed E-state index contributed by atoms with van der Waals surface area (Å²) in [5.74, 6) is -11.7. The maximum atomic E-state index is 13.9. The summed E-state index contributed by atoms with van der Waals surface area (Å²) in [6.45, 7) is 2.89. The number of alkyl halides is 5. The lowest BCUT2D eigenvalue weighted by Crippen LogP contribution is -2.65. The van der Waals surface area contributed by atoms with Crippen molar-refractivity contribution in [3.05, 3.63) is 12.2 Å². The average molecular weight is 590 g/mol. The average Bonchev–Trinajstić information content (AvgIpc) is 3.68. The SMILES string of the molecule is COC(C)(C)C(NC(=O)C(F)(F)C(F)(F)F)C(=O)N1CC2C3C=CC(C3)C2C1C(=O)NC(C#N)CC1CCNC1=O. The number of carbonyl (C=O) groups excluding carboxylic acids is 4. The Hall–Kier alpha value is -3.28. The third-order valence-electron chi connectivity index (χ3n) is 8.89. The lowest BCUT2D eigenvalue weighted by molar-refractivity contribution is -0.270. The molecule has 2 aliphatic heterocycles. The summed E-state index contributed by atoms with van der Waals surface area (Å²) in [5.41, 5.74) is -1.75. The van der Waals surface area contributed by atoms with E-state index in [2.05, 4.69) is 10.6 Å². The maximum Gasteiger partial charge on any atom is 0.463 e. The van der Waals surface area contributed by atoms with Gasteiger partial charge in [0.2, 0.25) is 17.7 Å². The van der Waals surface area contributed by atoms with Gasteiger partial charge >= 0.3 is 18.0 Å². The first-order valence-electron chi connectivity index (χ1n) is 13.3. The summed E-state index contributed by atoms with van der Waals surface area (Å²) in [6.07, 6.45) is -1.07. The second kappa shape index (κ2) is 10.8. The van der Waals surface area contributed by atoms with Crippen LogP contribution in [-0.2, 0) is 23.9 Å². The number of likely N-dealkylation sites (tertiary alicyclic amines) is 1. The molecular weight excluding hydrogens is 557 g/mol. The number of hydrogen-bond acceptors (Lipinski definition) is 6. The summed E-state index contributed by atoms with van der Waals surface area (Å²) >= 11 is 0. The standard InChI is InChI=1S/C26H32F5N5O5/c1-24(2,41-3)19(35-23(40)25(27,28)26(29,30)31)22(39)36-11-16-12-4-5-13(8-12)17(16)18(36)21(38)34-15(10-32)9-14-6-7-33-20(14)37/h4-5,12-19H,6-9,11H2,1-3H3,(H,33,37)(H,34,38)(H,35,40). The van der Waals surface area contributed by atoms with Crippen LogP contribution >= 0.6 is 0 Å². The van der Waals surface area contributed by atoms with E-state index in [-0.39, 0.29) is 36.6 Å². The number of ether oxygens (including phenoxy) is 1. The fourth-order valence-corrected chi connectivity index (χ4v) is 6.50. The van der Waals surface area contributed by atoms with Crippen LogP contribution in [0.1, 0.15) is 33.1 Å². The number of nitrogens with one attached hydrogen (secondary N) is 3. The van der Waals surface area contributed by atoms with Crippen molar-refractivity contribution < 1.29 is 45.9 Å². The van der Waals surface area contributed by atoms with E-state index >= 15 is 0 Å². The maximum absolute atomic E-state index is 13.9. The van der Waals surface area contributed by atoms with Gasteiger partial charge in [-0.05, 0) is 56.8 Å². The third-order valence-corrected chi connectivity index (χ3v) is 8.89. The van der Waals surface area contributed by atoms with E-state index in [1.807, 2.05) is 18.2 Å². The van der Waals surface area contributed by atoms with Gasteiger partial charge < -0.3 is 25.6 Å². The molecule has 0 aromatic heterocycles. The molecule has 2 heterocycles. The predicted octanol–water partition coefficient (Wildman–Crippen LogP) is 1.28. The van der Waals surface area contributed by atoms with Gasteiger partial charge in [0.05, 0.1) is 11.7 Å². The summed E-state index contributed by atoms with van der Waals surface area (Å²) in [4.78, 5) is 52.8. The lowest BCUT2D eigenvalue weighted by Gasteiger charge is -2.38. The van der Waals surface area contributed by atoms with Crippen LogP contribution in [-0.4, -0.2) is 84.6 Å². The van der Waals surface area contributed by atoms with Gasteiger partial charge in [0.1, 0.15) is 18.1 Å². The number of fused-ring (bicyclic) bond motifs is 5. The Kier molecular flexibility index (Phi) is 8.12. The molecule has 8 atom stereocenters. The third kappa shape index (κ3) is 5.50. The summed E-state index contributed by atoms with van der Waals surface area (Å²) in [5, 5.41) is 16.5. The predicted molar refractivity (Wildman–Crippen MR) is 131 cm³/mol. The Balaban J connectivity index is 1.62. The summed E-state index contributed by atoms with van der Waals surface area (Å²) in [7, 11) is 1.10. The van der Waals surface area contributed by atoms with Crippen LogP contribution in [0.2, 0.25) is 0 Å². The van der Waals surface area contributed by atoms with Crippen LogP contribution in [0.25, 0.3) is 0 Å². The fraction of sp³-hybridized carbons (Fsp3) is 0.731. The quantitative estimate of drug-likeness (QED) is 0.274. The number of amides is 4. The highest BCUT2D eigenvalue weighted by Crippen LogP contribution is 2.54. The molecule has 4 rings (SSSR count). The van der Waals surface area contributed by atoms with Crippen LogP contribution in [0, 0.1) is 40.9 Å². The molecule has 8 unspecified atom stereocenters. The molecule has 4 amide bonds. The zero-order chi connectivity index (χ0) is 30.5. The molecule has 2 aliphatic carbocycles. The number of allylic oxidation sites excluding steroid dienone is 2. The van der Waals surface area contributed by atoms with Crippen molar-refractivity contribution in [2.45, 2.75) is 68.9 Å². The highest BCUT2D eigenvalue weighted by atomic mass is 19.4. The minimum Gasteiger partial charge on any atom is -0.376 e. The zero-order valence-electron chi connectivity index (χ0n) is 22.6.